The molecule has 0 rings (SSSR count). The van der Waals surface area contributed by atoms with E-state index in [0.29, 0.717) is 0 Å². The van der Waals surface area contributed by atoms with E-state index in [4.69, 9.17) is 15.7 Å². The van der Waals surface area contributed by atoms with Crippen LogP contribution in [0.15, 0.2) is 0 Å². The van der Waals surface area contributed by atoms with Crippen LogP contribution in [0.25, 0.3) is 0 Å². The third-order valence-corrected chi connectivity index (χ3v) is 3.71. The van der Waals surface area contributed by atoms with Gasteiger partial charge in [0.15, 0.2) is 13.0 Å². The third kappa shape index (κ3) is 10.3. The average Bonchev–Trinajstić information content (AvgIpc) is 2.25. The van der Waals surface area contributed by atoms with Crippen molar-refractivity contribution in [1.29, 1.82) is 0 Å². The maximum absolute atomic E-state index is 11.7. The molecule has 123 valence electrons. The molecule has 0 aliphatic rings. The third-order valence-electron chi connectivity index (χ3n) is 2.57. The van der Waals surface area contributed by atoms with E-state index in [0.717, 1.165) is 0 Å². The number of carbonyl (C=O) groups is 3. The fourth-order valence-corrected chi connectivity index (χ4v) is 2.10. The summed E-state index contributed by atoms with van der Waals surface area (Å²) in [6, 6.07) is -1.14. The molecule has 0 saturated heterocycles. The van der Waals surface area contributed by atoms with Crippen molar-refractivity contribution in [3.05, 3.63) is 0 Å². The van der Waals surface area contributed by atoms with E-state index in [1.807, 2.05) is 0 Å². The molecule has 9 nitrogen and oxygen atoms in total. The number of carboxylic acids is 1. The predicted molar refractivity (Wildman–Crippen MR) is 81.6 cm³/mol. The Balaban J connectivity index is 0. The number of nitrogens with two attached hydrogens (primary N) is 1. The van der Waals surface area contributed by atoms with Gasteiger partial charge in [0.25, 0.3) is 5.91 Å². The molecule has 1 unspecified atom stereocenters. The molecule has 0 fully saturated rings. The van der Waals surface area contributed by atoms with Crippen molar-refractivity contribution in [1.82, 2.24) is 10.6 Å². The van der Waals surface area contributed by atoms with Crippen LogP contribution < -0.4 is 16.4 Å². The molecule has 3 atom stereocenters. The number of aliphatic carboxylic acids is 1. The van der Waals surface area contributed by atoms with E-state index in [1.54, 1.807) is 0 Å². The Morgan fingerprint density at radius 3 is 2.27 bits per heavy atom. The van der Waals surface area contributed by atoms with Gasteiger partial charge in [0, 0.05) is 48.8 Å². The molecule has 1 radical (unpaired) electrons. The summed E-state index contributed by atoms with van der Waals surface area (Å²) < 4.78 is 11.1. The van der Waals surface area contributed by atoms with E-state index in [2.05, 4.69) is 10.6 Å². The first kappa shape index (κ1) is 23.8. The van der Waals surface area contributed by atoms with Gasteiger partial charge >= 0.3 is 5.97 Å². The second-order valence-electron chi connectivity index (χ2n) is 5.16. The fourth-order valence-electron chi connectivity index (χ4n) is 1.35. The summed E-state index contributed by atoms with van der Waals surface area (Å²) in [4.78, 5) is 43.1. The van der Waals surface area contributed by atoms with Gasteiger partial charge in [-0.05, 0) is 20.3 Å². The van der Waals surface area contributed by atoms with Crippen LogP contribution in [0.4, 0.5) is 0 Å². The number of hydrogen-bond acceptors (Lipinski definition) is 5. The van der Waals surface area contributed by atoms with Gasteiger partial charge in [-0.2, -0.15) is 0 Å². The summed E-state index contributed by atoms with van der Waals surface area (Å²) in [5.41, 5.74) is 3.86. The Kier molecular flexibility index (Phi) is 10.4. The Hall–Kier alpha value is -0.440. The van der Waals surface area contributed by atoms with E-state index < -0.39 is 36.9 Å². The zero-order valence-electron chi connectivity index (χ0n) is 13.3. The van der Waals surface area contributed by atoms with Gasteiger partial charge in [0.05, 0.1) is 0 Å². The van der Waals surface area contributed by atoms with Crippen molar-refractivity contribution in [3.63, 3.8) is 0 Å². The zero-order valence-corrected chi connectivity index (χ0v) is 16.1. The molecular formula is C11H22N3NaO6P. The van der Waals surface area contributed by atoms with Gasteiger partial charge in [-0.3, -0.25) is 18.9 Å². The molecule has 0 aromatic rings. The van der Waals surface area contributed by atoms with Crippen molar-refractivity contribution < 1.29 is 28.9 Å². The molecule has 0 saturated carbocycles. The maximum Gasteiger partial charge on any atom is 0.325 e. The summed E-state index contributed by atoms with van der Waals surface area (Å²) >= 11 is 0. The Morgan fingerprint density at radius 1 is 1.36 bits per heavy atom. The van der Waals surface area contributed by atoms with Crippen LogP contribution in [0.1, 0.15) is 26.7 Å². The molecule has 0 bridgehead atoms. The largest absolute Gasteiger partial charge is 0.480 e. The summed E-state index contributed by atoms with van der Waals surface area (Å²) in [6.45, 7) is 3.68. The standard InChI is InChI=1S/C11H22N3O6P.Na/c1-7(9(16)17)13-10(18)11(2,12)14-8(15)5-4-6-21(3,19)20;/h7H,4-6,12H2,1-3H3,(H,13,18)(H,14,15)(H,16,17)(H,19,20);/t7-,11-;/m0./s1. The van der Waals surface area contributed by atoms with Crippen LogP contribution in [0.5, 0.6) is 0 Å². The summed E-state index contributed by atoms with van der Waals surface area (Å²) in [7, 11) is -3.18. The van der Waals surface area contributed by atoms with Crippen molar-refractivity contribution in [2.24, 2.45) is 5.73 Å². The number of nitrogens with one attached hydrogen (secondary N) is 2. The Bertz CT molecular complexity index is 465. The maximum atomic E-state index is 11.7. The van der Waals surface area contributed by atoms with Crippen molar-refractivity contribution in [3.8, 4) is 0 Å². The minimum absolute atomic E-state index is 0. The number of carbonyl (C=O) groups excluding carboxylic acids is 2. The van der Waals surface area contributed by atoms with Crippen molar-refractivity contribution in [2.45, 2.75) is 38.4 Å². The average molecular weight is 346 g/mol. The van der Waals surface area contributed by atoms with Crippen LogP contribution in [-0.2, 0) is 18.9 Å². The number of amides is 2. The van der Waals surface area contributed by atoms with E-state index in [1.165, 1.54) is 20.5 Å². The number of rotatable bonds is 8. The molecule has 0 aliphatic carbocycles. The van der Waals surface area contributed by atoms with Crippen molar-refractivity contribution >= 4 is 54.7 Å². The molecule has 11 heteroatoms. The quantitative estimate of drug-likeness (QED) is 0.207. The zero-order chi connectivity index (χ0) is 16.8. The minimum atomic E-state index is -3.18. The molecule has 0 spiro atoms. The summed E-state index contributed by atoms with van der Waals surface area (Å²) in [5.74, 6) is -2.63. The van der Waals surface area contributed by atoms with Gasteiger partial charge in [-0.15, -0.1) is 0 Å². The number of carboxylic acid groups (broad SMARTS) is 1. The predicted octanol–water partition coefficient (Wildman–Crippen LogP) is -1.33. The van der Waals surface area contributed by atoms with Crippen LogP contribution in [-0.4, -0.2) is 81.9 Å². The molecule has 0 aromatic carbocycles. The van der Waals surface area contributed by atoms with Crippen LogP contribution in [0.2, 0.25) is 0 Å². The molecule has 22 heavy (non-hydrogen) atoms. The van der Waals surface area contributed by atoms with Gasteiger partial charge < -0.3 is 26.4 Å². The second-order valence-corrected chi connectivity index (χ2v) is 7.71. The van der Waals surface area contributed by atoms with Gasteiger partial charge in [0.2, 0.25) is 5.91 Å². The second kappa shape index (κ2) is 9.64. The molecule has 0 aromatic heterocycles. The molecule has 0 heterocycles. The Morgan fingerprint density at radius 2 is 1.86 bits per heavy atom. The van der Waals surface area contributed by atoms with E-state index in [9.17, 15) is 18.9 Å². The monoisotopic (exact) mass is 346 g/mol. The van der Waals surface area contributed by atoms with Crippen LogP contribution in [0.3, 0.4) is 0 Å². The normalized spacial score (nSPS) is 17.1. The van der Waals surface area contributed by atoms with E-state index in [-0.39, 0.29) is 48.6 Å². The van der Waals surface area contributed by atoms with Crippen LogP contribution >= 0.6 is 7.37 Å². The SMILES string of the molecule is C[C@H](NC(=O)[C@@](C)(N)NC(=O)CCCP(C)(=O)O)C(=O)O.[Na]. The minimum Gasteiger partial charge on any atom is -0.480 e. The van der Waals surface area contributed by atoms with Crippen molar-refractivity contribution in [2.75, 3.05) is 12.8 Å². The topological polar surface area (TPSA) is 159 Å². The number of hydrogen-bond donors (Lipinski definition) is 5. The first-order valence-electron chi connectivity index (χ1n) is 6.28. The molecule has 2 amide bonds. The fraction of sp³-hybridized carbons (Fsp3) is 0.727. The smallest absolute Gasteiger partial charge is 0.325 e. The summed E-state index contributed by atoms with van der Waals surface area (Å²) in [5, 5.41) is 13.1. The van der Waals surface area contributed by atoms with E-state index >= 15 is 0 Å². The molecule has 6 N–H and O–H groups in total. The first-order chi connectivity index (χ1) is 9.35. The first-order valence-corrected chi connectivity index (χ1v) is 8.57. The van der Waals surface area contributed by atoms with Crippen LogP contribution in [0, 0.1) is 0 Å². The van der Waals surface area contributed by atoms with Gasteiger partial charge in [-0.1, -0.05) is 0 Å². The van der Waals surface area contributed by atoms with Gasteiger partial charge in [0.1, 0.15) is 6.04 Å². The summed E-state index contributed by atoms with van der Waals surface area (Å²) in [6.07, 6.45) is 0.107. The molecule has 0 aliphatic heterocycles. The van der Waals surface area contributed by atoms with Gasteiger partial charge in [-0.25, -0.2) is 0 Å². The Labute approximate surface area is 151 Å². The molecular weight excluding hydrogens is 324 g/mol.